The van der Waals surface area contributed by atoms with Crippen LogP contribution in [-0.2, 0) is 59.5 Å². The minimum Gasteiger partial charge on any atom is -0.379 e. The molecule has 9 nitrogen and oxygen atoms in total. The first-order valence-electron chi connectivity index (χ1n) is 18.7. The molecule has 0 saturated carbocycles. The monoisotopic (exact) mass is 720 g/mol. The number of rotatable bonds is 21. The summed E-state index contributed by atoms with van der Waals surface area (Å²) in [5, 5.41) is 4.04. The van der Waals surface area contributed by atoms with Crippen molar-refractivity contribution in [2.75, 3.05) is 26.4 Å². The van der Waals surface area contributed by atoms with Crippen LogP contribution in [0.3, 0.4) is 0 Å². The standard InChI is InChI=1S/C44H52N2O7/c1-33(47)45-25-14-5-15-26-48-32-40-41(50-29-34-16-6-2-7-17-34)42(51-30-35-18-8-3-9-19-35)43(52-31-36-20-10-4-11-21-36)44(53-40)49-27-24-37-28-46-39-23-13-12-22-38(37)39/h2-4,6-13,16-23,28,40-44,46H,5,14-15,24-27,29-32H2,1H3,(H,45,47)/t40-,41-,42+,43-,44?/m1/s1. The topological polar surface area (TPSA) is 100 Å². The lowest BCUT2D eigenvalue weighted by Crippen LogP contribution is -2.61. The summed E-state index contributed by atoms with van der Waals surface area (Å²) in [6.45, 7) is 4.57. The van der Waals surface area contributed by atoms with Crippen molar-refractivity contribution >= 4 is 16.8 Å². The van der Waals surface area contributed by atoms with Gasteiger partial charge in [-0.05, 0) is 54.0 Å². The van der Waals surface area contributed by atoms with Crippen LogP contribution in [0.1, 0.15) is 48.4 Å². The van der Waals surface area contributed by atoms with Crippen LogP contribution in [0.15, 0.2) is 121 Å². The zero-order chi connectivity index (χ0) is 36.5. The smallest absolute Gasteiger partial charge is 0.216 e. The van der Waals surface area contributed by atoms with Crippen molar-refractivity contribution in [1.82, 2.24) is 10.3 Å². The van der Waals surface area contributed by atoms with Crippen LogP contribution in [-0.4, -0.2) is 68.0 Å². The highest BCUT2D eigenvalue weighted by atomic mass is 16.7. The van der Waals surface area contributed by atoms with Crippen LogP contribution < -0.4 is 5.32 Å². The SMILES string of the molecule is CC(=O)NCCCCCOC[C@H]1OC(OCCc2c[nH]c3ccccc23)[C@H](OCc2ccccc2)[C@@H](OCc2ccccc2)[C@@H]1OCc1ccccc1. The number of para-hydroxylation sites is 1. The number of H-pyrrole nitrogens is 1. The number of hydrogen-bond donors (Lipinski definition) is 2. The van der Waals surface area contributed by atoms with E-state index >= 15 is 0 Å². The molecule has 0 aliphatic carbocycles. The maximum Gasteiger partial charge on any atom is 0.216 e. The Bertz CT molecular complexity index is 1770. The quantitative estimate of drug-likeness (QED) is 0.0757. The third kappa shape index (κ3) is 11.8. The summed E-state index contributed by atoms with van der Waals surface area (Å²) in [7, 11) is 0. The summed E-state index contributed by atoms with van der Waals surface area (Å²) in [6, 6.07) is 38.7. The van der Waals surface area contributed by atoms with E-state index in [1.54, 1.807) is 0 Å². The van der Waals surface area contributed by atoms with Gasteiger partial charge in [-0.2, -0.15) is 0 Å². The molecule has 5 atom stereocenters. The molecule has 1 aromatic heterocycles. The van der Waals surface area contributed by atoms with E-state index < -0.39 is 30.7 Å². The number of carbonyl (C=O) groups excluding carboxylic acids is 1. The van der Waals surface area contributed by atoms with Gasteiger partial charge in [0.15, 0.2) is 6.29 Å². The molecule has 1 aliphatic rings. The second kappa shape index (κ2) is 20.8. The molecule has 0 bridgehead atoms. The Balaban J connectivity index is 1.23. The van der Waals surface area contributed by atoms with Gasteiger partial charge in [-0.1, -0.05) is 109 Å². The third-order valence-electron chi connectivity index (χ3n) is 9.40. The largest absolute Gasteiger partial charge is 0.379 e. The molecule has 0 spiro atoms. The van der Waals surface area contributed by atoms with Gasteiger partial charge < -0.3 is 38.7 Å². The highest BCUT2D eigenvalue weighted by molar-refractivity contribution is 5.83. The van der Waals surface area contributed by atoms with Crippen LogP contribution >= 0.6 is 0 Å². The molecular formula is C44H52N2O7. The second-order valence-electron chi connectivity index (χ2n) is 13.4. The van der Waals surface area contributed by atoms with E-state index in [9.17, 15) is 4.79 Å². The van der Waals surface area contributed by atoms with Crippen molar-refractivity contribution in [2.45, 2.75) is 83.1 Å². The van der Waals surface area contributed by atoms with E-state index in [0.717, 1.165) is 41.5 Å². The Kier molecular flexibility index (Phi) is 15.0. The number of benzene rings is 4. The predicted molar refractivity (Wildman–Crippen MR) is 205 cm³/mol. The number of amides is 1. The number of fused-ring (bicyclic) bond motifs is 1. The van der Waals surface area contributed by atoms with E-state index in [4.69, 9.17) is 28.4 Å². The lowest BCUT2D eigenvalue weighted by Gasteiger charge is -2.46. The van der Waals surface area contributed by atoms with Crippen LogP contribution in [0, 0.1) is 0 Å². The van der Waals surface area contributed by atoms with Gasteiger partial charge in [0.2, 0.25) is 5.91 Å². The van der Waals surface area contributed by atoms with Gasteiger partial charge in [0.1, 0.15) is 24.4 Å². The summed E-state index contributed by atoms with van der Waals surface area (Å²) in [6.07, 6.45) is 2.54. The summed E-state index contributed by atoms with van der Waals surface area (Å²) in [5.41, 5.74) is 5.41. The number of nitrogens with one attached hydrogen (secondary N) is 2. The van der Waals surface area contributed by atoms with Crippen molar-refractivity contribution in [2.24, 2.45) is 0 Å². The fourth-order valence-corrected chi connectivity index (χ4v) is 6.61. The minimum atomic E-state index is -0.743. The number of unbranched alkanes of at least 4 members (excludes halogenated alkanes) is 2. The summed E-state index contributed by atoms with van der Waals surface area (Å²) >= 11 is 0. The van der Waals surface area contributed by atoms with E-state index in [1.165, 1.54) is 17.9 Å². The Morgan fingerprint density at radius 1 is 0.660 bits per heavy atom. The number of aromatic nitrogens is 1. The zero-order valence-corrected chi connectivity index (χ0v) is 30.6. The van der Waals surface area contributed by atoms with Gasteiger partial charge >= 0.3 is 0 Å². The van der Waals surface area contributed by atoms with E-state index in [0.29, 0.717) is 52.6 Å². The van der Waals surface area contributed by atoms with Crippen LogP contribution in [0.25, 0.3) is 10.9 Å². The minimum absolute atomic E-state index is 0.00875. The molecule has 9 heteroatoms. The van der Waals surface area contributed by atoms with Crippen LogP contribution in [0.4, 0.5) is 0 Å². The lowest BCUT2D eigenvalue weighted by atomic mass is 9.97. The normalized spacial score (nSPS) is 20.1. The summed E-state index contributed by atoms with van der Waals surface area (Å²) in [4.78, 5) is 14.6. The van der Waals surface area contributed by atoms with Gasteiger partial charge in [-0.15, -0.1) is 0 Å². The maximum atomic E-state index is 11.2. The van der Waals surface area contributed by atoms with Crippen molar-refractivity contribution in [3.8, 4) is 0 Å². The molecule has 1 unspecified atom stereocenters. The molecule has 2 N–H and O–H groups in total. The molecule has 5 aromatic rings. The summed E-state index contributed by atoms with van der Waals surface area (Å²) in [5.74, 6) is -0.00875. The Hall–Kier alpha value is -4.35. The predicted octanol–water partition coefficient (Wildman–Crippen LogP) is 7.53. The molecule has 1 aliphatic heterocycles. The van der Waals surface area contributed by atoms with E-state index in [2.05, 4.69) is 52.8 Å². The average molecular weight is 721 g/mol. The second-order valence-corrected chi connectivity index (χ2v) is 13.4. The Labute approximate surface area is 312 Å². The first kappa shape index (κ1) is 38.4. The average Bonchev–Trinajstić information content (AvgIpc) is 3.61. The molecule has 1 amide bonds. The van der Waals surface area contributed by atoms with Gasteiger partial charge in [-0.25, -0.2) is 0 Å². The zero-order valence-electron chi connectivity index (χ0n) is 30.6. The molecule has 6 rings (SSSR count). The van der Waals surface area contributed by atoms with Crippen LogP contribution in [0.2, 0.25) is 0 Å². The molecule has 0 radical (unpaired) electrons. The van der Waals surface area contributed by atoms with Gasteiger partial charge in [0.05, 0.1) is 33.0 Å². The molecule has 53 heavy (non-hydrogen) atoms. The number of hydrogen-bond acceptors (Lipinski definition) is 7. The highest BCUT2D eigenvalue weighted by Gasteiger charge is 2.49. The molecule has 1 fully saturated rings. The van der Waals surface area contributed by atoms with Crippen LogP contribution in [0.5, 0.6) is 0 Å². The van der Waals surface area contributed by atoms with E-state index in [-0.39, 0.29) is 5.91 Å². The fourth-order valence-electron chi connectivity index (χ4n) is 6.61. The van der Waals surface area contributed by atoms with Gasteiger partial charge in [0.25, 0.3) is 0 Å². The Morgan fingerprint density at radius 3 is 1.89 bits per heavy atom. The molecular weight excluding hydrogens is 668 g/mol. The number of ether oxygens (including phenoxy) is 6. The number of carbonyl (C=O) groups is 1. The third-order valence-corrected chi connectivity index (χ3v) is 9.40. The van der Waals surface area contributed by atoms with Crippen molar-refractivity contribution in [3.63, 3.8) is 0 Å². The van der Waals surface area contributed by atoms with Crippen molar-refractivity contribution in [3.05, 3.63) is 144 Å². The van der Waals surface area contributed by atoms with Crippen molar-refractivity contribution in [1.29, 1.82) is 0 Å². The number of aromatic amines is 1. The molecule has 280 valence electrons. The van der Waals surface area contributed by atoms with Gasteiger partial charge in [-0.3, -0.25) is 4.79 Å². The first-order valence-corrected chi connectivity index (χ1v) is 18.7. The Morgan fingerprint density at radius 2 is 1.25 bits per heavy atom. The maximum absolute atomic E-state index is 11.2. The van der Waals surface area contributed by atoms with Crippen molar-refractivity contribution < 1.29 is 33.2 Å². The lowest BCUT2D eigenvalue weighted by molar-refractivity contribution is -0.328. The fraction of sp³-hybridized carbons (Fsp3) is 0.386. The van der Waals surface area contributed by atoms with Gasteiger partial charge in [0, 0.05) is 37.2 Å². The highest BCUT2D eigenvalue weighted by Crippen LogP contribution is 2.32. The molecule has 1 saturated heterocycles. The first-order chi connectivity index (χ1) is 26.1. The summed E-state index contributed by atoms with van der Waals surface area (Å²) < 4.78 is 40.0. The van der Waals surface area contributed by atoms with E-state index in [1.807, 2.05) is 79.0 Å². The molecule has 2 heterocycles. The molecule has 4 aromatic carbocycles.